The van der Waals surface area contributed by atoms with Crippen molar-refractivity contribution < 1.29 is 14.7 Å². The molecule has 0 spiro atoms. The van der Waals surface area contributed by atoms with Crippen molar-refractivity contribution in [3.05, 3.63) is 17.5 Å². The van der Waals surface area contributed by atoms with Gasteiger partial charge in [-0.15, -0.1) is 0 Å². The number of amides is 1. The van der Waals surface area contributed by atoms with Crippen molar-refractivity contribution in [2.24, 2.45) is 5.92 Å². The van der Waals surface area contributed by atoms with Crippen molar-refractivity contribution in [3.8, 4) is 0 Å². The second-order valence-electron chi connectivity index (χ2n) is 7.08. The second-order valence-corrected chi connectivity index (χ2v) is 7.08. The standard InChI is InChI=1S/C18H29N3O3/c1-5-14(6-2)21-13(4)15(11-19-21)16(22)20-18(17(23)24)9-7-12(3)8-10-18/h11-12,14H,5-10H2,1-4H3,(H,20,22)(H,23,24). The number of aliphatic carboxylic acids is 1. The highest BCUT2D eigenvalue weighted by molar-refractivity contribution is 5.98. The summed E-state index contributed by atoms with van der Waals surface area (Å²) in [5, 5.41) is 16.8. The Balaban J connectivity index is 2.21. The fourth-order valence-corrected chi connectivity index (χ4v) is 3.58. The summed E-state index contributed by atoms with van der Waals surface area (Å²) < 4.78 is 1.88. The first-order chi connectivity index (χ1) is 11.3. The molecule has 24 heavy (non-hydrogen) atoms. The molecule has 6 nitrogen and oxygen atoms in total. The molecule has 1 aliphatic carbocycles. The van der Waals surface area contributed by atoms with E-state index in [1.807, 2.05) is 11.6 Å². The van der Waals surface area contributed by atoms with Crippen LogP contribution in [-0.2, 0) is 4.79 Å². The number of carbonyl (C=O) groups is 2. The molecule has 0 saturated heterocycles. The van der Waals surface area contributed by atoms with Crippen molar-refractivity contribution in [1.29, 1.82) is 0 Å². The molecule has 6 heteroatoms. The molecular formula is C18H29N3O3. The van der Waals surface area contributed by atoms with Crippen LogP contribution >= 0.6 is 0 Å². The van der Waals surface area contributed by atoms with Crippen molar-refractivity contribution in [1.82, 2.24) is 15.1 Å². The molecule has 0 bridgehead atoms. The third-order valence-electron chi connectivity index (χ3n) is 5.47. The number of rotatable bonds is 6. The van der Waals surface area contributed by atoms with Crippen molar-refractivity contribution in [3.63, 3.8) is 0 Å². The van der Waals surface area contributed by atoms with E-state index in [2.05, 4.69) is 31.2 Å². The smallest absolute Gasteiger partial charge is 0.329 e. The molecule has 0 unspecified atom stereocenters. The summed E-state index contributed by atoms with van der Waals surface area (Å²) in [5.41, 5.74) is 0.125. The summed E-state index contributed by atoms with van der Waals surface area (Å²) in [4.78, 5) is 24.5. The highest BCUT2D eigenvalue weighted by atomic mass is 16.4. The van der Waals surface area contributed by atoms with Gasteiger partial charge in [0.15, 0.2) is 0 Å². The maximum Gasteiger partial charge on any atom is 0.329 e. The molecule has 0 radical (unpaired) electrons. The van der Waals surface area contributed by atoms with Crippen molar-refractivity contribution in [2.45, 2.75) is 77.8 Å². The van der Waals surface area contributed by atoms with Crippen LogP contribution in [0.5, 0.6) is 0 Å². The summed E-state index contributed by atoms with van der Waals surface area (Å²) >= 11 is 0. The van der Waals surface area contributed by atoms with Crippen LogP contribution in [0.4, 0.5) is 0 Å². The quantitative estimate of drug-likeness (QED) is 0.835. The van der Waals surface area contributed by atoms with Gasteiger partial charge in [-0.3, -0.25) is 9.48 Å². The third-order valence-corrected chi connectivity index (χ3v) is 5.47. The molecule has 0 aromatic carbocycles. The van der Waals surface area contributed by atoms with E-state index in [0.29, 0.717) is 24.3 Å². The van der Waals surface area contributed by atoms with Gasteiger partial charge in [0.05, 0.1) is 17.8 Å². The first-order valence-electron chi connectivity index (χ1n) is 8.94. The predicted molar refractivity (Wildman–Crippen MR) is 92.0 cm³/mol. The average molecular weight is 335 g/mol. The van der Waals surface area contributed by atoms with Gasteiger partial charge in [-0.2, -0.15) is 5.10 Å². The summed E-state index contributed by atoms with van der Waals surface area (Å²) in [6.07, 6.45) is 6.04. The van der Waals surface area contributed by atoms with Gasteiger partial charge in [0.2, 0.25) is 0 Å². The fraction of sp³-hybridized carbons (Fsp3) is 0.722. The highest BCUT2D eigenvalue weighted by Crippen LogP contribution is 2.32. The molecule has 1 amide bonds. The van der Waals surface area contributed by atoms with Crippen LogP contribution in [0, 0.1) is 12.8 Å². The Kier molecular flexibility index (Phi) is 5.67. The van der Waals surface area contributed by atoms with Crippen molar-refractivity contribution in [2.75, 3.05) is 0 Å². The summed E-state index contributed by atoms with van der Waals surface area (Å²) in [7, 11) is 0. The minimum Gasteiger partial charge on any atom is -0.480 e. The Morgan fingerprint density at radius 3 is 2.46 bits per heavy atom. The molecule has 0 aliphatic heterocycles. The van der Waals surface area contributed by atoms with Gasteiger partial charge in [-0.1, -0.05) is 20.8 Å². The van der Waals surface area contributed by atoms with E-state index in [4.69, 9.17) is 0 Å². The highest BCUT2D eigenvalue weighted by Gasteiger charge is 2.43. The van der Waals surface area contributed by atoms with E-state index in [1.165, 1.54) is 0 Å². The van der Waals surface area contributed by atoms with E-state index in [1.54, 1.807) is 6.20 Å². The Bertz CT molecular complexity index is 597. The molecule has 1 aromatic heterocycles. The molecule has 1 aliphatic rings. The van der Waals surface area contributed by atoms with Gasteiger partial charge >= 0.3 is 5.97 Å². The molecule has 1 saturated carbocycles. The van der Waals surface area contributed by atoms with Crippen LogP contribution in [0.25, 0.3) is 0 Å². The maximum atomic E-state index is 12.7. The zero-order valence-corrected chi connectivity index (χ0v) is 15.1. The van der Waals surface area contributed by atoms with Crippen LogP contribution in [0.1, 0.15) is 81.4 Å². The summed E-state index contributed by atoms with van der Waals surface area (Å²) in [6.45, 7) is 8.18. The van der Waals surface area contributed by atoms with E-state index in [9.17, 15) is 14.7 Å². The number of hydrogen-bond donors (Lipinski definition) is 2. The first-order valence-corrected chi connectivity index (χ1v) is 8.94. The van der Waals surface area contributed by atoms with Gasteiger partial charge in [0.1, 0.15) is 5.54 Å². The number of carboxylic acids is 1. The lowest BCUT2D eigenvalue weighted by Gasteiger charge is -2.36. The van der Waals surface area contributed by atoms with E-state index < -0.39 is 11.5 Å². The molecule has 2 rings (SSSR count). The number of aromatic nitrogens is 2. The zero-order chi connectivity index (χ0) is 17.9. The number of nitrogens with one attached hydrogen (secondary N) is 1. The number of hydrogen-bond acceptors (Lipinski definition) is 3. The third kappa shape index (κ3) is 3.47. The van der Waals surface area contributed by atoms with Crippen LogP contribution in [0.2, 0.25) is 0 Å². The van der Waals surface area contributed by atoms with Crippen molar-refractivity contribution >= 4 is 11.9 Å². The van der Waals surface area contributed by atoms with Gasteiger partial charge < -0.3 is 10.4 Å². The van der Waals surface area contributed by atoms with Gasteiger partial charge in [-0.25, -0.2) is 4.79 Å². The Labute approximate surface area is 143 Å². The van der Waals surface area contributed by atoms with E-state index >= 15 is 0 Å². The topological polar surface area (TPSA) is 84.2 Å². The lowest BCUT2D eigenvalue weighted by molar-refractivity contribution is -0.146. The molecule has 1 fully saturated rings. The van der Waals surface area contributed by atoms with Crippen LogP contribution < -0.4 is 5.32 Å². The zero-order valence-electron chi connectivity index (χ0n) is 15.1. The number of carbonyl (C=O) groups excluding carboxylic acids is 1. The summed E-state index contributed by atoms with van der Waals surface area (Å²) in [5.74, 6) is -0.761. The van der Waals surface area contributed by atoms with Crippen LogP contribution in [-0.4, -0.2) is 32.3 Å². The second kappa shape index (κ2) is 7.36. The summed E-state index contributed by atoms with van der Waals surface area (Å²) in [6, 6.07) is 0.260. The lowest BCUT2D eigenvalue weighted by Crippen LogP contribution is -2.56. The van der Waals surface area contributed by atoms with Crippen LogP contribution in [0.15, 0.2) is 6.20 Å². The number of carboxylic acid groups (broad SMARTS) is 1. The van der Waals surface area contributed by atoms with E-state index in [-0.39, 0.29) is 11.9 Å². The van der Waals surface area contributed by atoms with Gasteiger partial charge in [-0.05, 0) is 51.4 Å². The monoisotopic (exact) mass is 335 g/mol. The Hall–Kier alpha value is -1.85. The molecule has 1 heterocycles. The molecule has 1 aromatic rings. The minimum absolute atomic E-state index is 0.260. The molecular weight excluding hydrogens is 306 g/mol. The maximum absolute atomic E-state index is 12.7. The predicted octanol–water partition coefficient (Wildman–Crippen LogP) is 3.32. The fourth-order valence-electron chi connectivity index (χ4n) is 3.58. The molecule has 2 N–H and O–H groups in total. The lowest BCUT2D eigenvalue weighted by atomic mass is 9.77. The van der Waals surface area contributed by atoms with E-state index in [0.717, 1.165) is 31.4 Å². The van der Waals surface area contributed by atoms with Crippen LogP contribution in [0.3, 0.4) is 0 Å². The SMILES string of the molecule is CCC(CC)n1ncc(C(=O)NC2(C(=O)O)CCC(C)CC2)c1C. The van der Waals surface area contributed by atoms with Gasteiger partial charge in [0.25, 0.3) is 5.91 Å². The Morgan fingerprint density at radius 2 is 1.96 bits per heavy atom. The molecule has 0 atom stereocenters. The van der Waals surface area contributed by atoms with Gasteiger partial charge in [0, 0.05) is 5.69 Å². The normalized spacial score (nSPS) is 24.1. The average Bonchev–Trinajstić information content (AvgIpc) is 2.93. The first kappa shape index (κ1) is 18.5. The largest absolute Gasteiger partial charge is 0.480 e. The Morgan fingerprint density at radius 1 is 1.38 bits per heavy atom. The minimum atomic E-state index is -1.15. The molecule has 134 valence electrons. The number of nitrogens with zero attached hydrogens (tertiary/aromatic N) is 2.